The highest BCUT2D eigenvalue weighted by molar-refractivity contribution is 8.39. The van der Waals surface area contributed by atoms with Gasteiger partial charge in [0.15, 0.2) is 0 Å². The summed E-state index contributed by atoms with van der Waals surface area (Å²) in [6, 6.07) is 29.4. The Morgan fingerprint density at radius 3 is 1.00 bits per heavy atom. The van der Waals surface area contributed by atoms with E-state index in [9.17, 15) is 0 Å². The zero-order chi connectivity index (χ0) is 18.5. The van der Waals surface area contributed by atoms with Gasteiger partial charge < -0.3 is 0 Å². The molecule has 0 atom stereocenters. The summed E-state index contributed by atoms with van der Waals surface area (Å²) in [5.41, 5.74) is 0. The molecule has 0 heterocycles. The molecule has 0 amide bonds. The Hall–Kier alpha value is -1.80. The number of hydrogen-bond acceptors (Lipinski definition) is 6. The highest BCUT2D eigenvalue weighted by atomic mass is 32.6. The van der Waals surface area contributed by atoms with Crippen molar-refractivity contribution >= 4 is 15.9 Å². The average molecular weight is 391 g/mol. The summed E-state index contributed by atoms with van der Waals surface area (Å²) in [6.45, 7) is -3.40. The van der Waals surface area contributed by atoms with Gasteiger partial charge >= 0.3 is 6.72 Å². The maximum absolute atomic E-state index is 5.69. The smallest absolute Gasteiger partial charge is 0.225 e. The van der Waals surface area contributed by atoms with Crippen LogP contribution in [0.1, 0.15) is 0 Å². The van der Waals surface area contributed by atoms with Crippen LogP contribution in [-0.4, -0.2) is 0 Å². The molecule has 0 saturated heterocycles. The molecule has 0 bridgehead atoms. The first-order chi connectivity index (χ1) is 12.7. The molecule has 0 aromatic heterocycles. The molecule has 0 aliphatic heterocycles. The molecule has 0 aliphatic rings. The summed E-state index contributed by atoms with van der Waals surface area (Å²) >= 11 is 0. The third-order valence-electron chi connectivity index (χ3n) is 4.16. The van der Waals surface area contributed by atoms with E-state index in [0.29, 0.717) is 0 Å². The standard InChI is InChI=1S/C18H22N3O3PS/c19-22-25(23-20,24-21)26(16-10-4-1-5-11-16,17-12-6-2-7-13-17)18-14-8-3-9-15-18/h1-15,26H,19-21H2. The van der Waals surface area contributed by atoms with Crippen LogP contribution in [0.15, 0.2) is 106 Å². The number of hydrogen-bond donors (Lipinski definition) is 4. The van der Waals surface area contributed by atoms with Gasteiger partial charge in [0.25, 0.3) is 0 Å². The van der Waals surface area contributed by atoms with Crippen molar-refractivity contribution in [1.29, 1.82) is 0 Å². The Balaban J connectivity index is 2.64. The van der Waals surface area contributed by atoms with Crippen LogP contribution in [0.3, 0.4) is 0 Å². The van der Waals surface area contributed by atoms with Gasteiger partial charge in [0, 0.05) is 0 Å². The van der Waals surface area contributed by atoms with Crippen molar-refractivity contribution in [3.8, 4) is 0 Å². The fourth-order valence-electron chi connectivity index (χ4n) is 3.09. The van der Waals surface area contributed by atoms with Gasteiger partial charge in [-0.05, 0) is 51.1 Å². The zero-order valence-electron chi connectivity index (χ0n) is 14.0. The predicted molar refractivity (Wildman–Crippen MR) is 106 cm³/mol. The van der Waals surface area contributed by atoms with Crippen LogP contribution in [0.25, 0.3) is 0 Å². The van der Waals surface area contributed by atoms with Crippen LogP contribution in [0, 0.1) is 0 Å². The van der Waals surface area contributed by atoms with Crippen LogP contribution in [-0.2, 0) is 23.1 Å². The summed E-state index contributed by atoms with van der Waals surface area (Å²) in [5.74, 6) is 17.1. The number of thiol groups is 1. The Morgan fingerprint density at radius 1 is 0.500 bits per heavy atom. The Morgan fingerprint density at radius 2 is 0.769 bits per heavy atom. The van der Waals surface area contributed by atoms with E-state index in [1.807, 2.05) is 91.0 Å². The lowest BCUT2D eigenvalue weighted by molar-refractivity contribution is 0.161. The molecule has 8 heteroatoms. The molecule has 0 saturated carbocycles. The molecule has 0 unspecified atom stereocenters. The average Bonchev–Trinajstić information content (AvgIpc) is 2.74. The van der Waals surface area contributed by atoms with Crippen molar-refractivity contribution < 1.29 is 13.9 Å². The summed E-state index contributed by atoms with van der Waals surface area (Å²) in [6.07, 6.45) is 0. The van der Waals surface area contributed by atoms with E-state index >= 15 is 0 Å². The zero-order valence-corrected chi connectivity index (χ0v) is 15.8. The molecule has 0 fully saturated rings. The monoisotopic (exact) mass is 391 g/mol. The molecule has 0 aliphatic carbocycles. The second-order valence-corrected chi connectivity index (χ2v) is 13.1. The molecular weight excluding hydrogens is 369 g/mol. The van der Waals surface area contributed by atoms with Crippen LogP contribution < -0.4 is 17.7 Å². The summed E-state index contributed by atoms with van der Waals surface area (Å²) in [7, 11) is -2.72. The SMILES string of the molecule is NOP(ON)(ON)=[SH](c1ccccc1)(c1ccccc1)c1ccccc1. The number of nitrogens with two attached hydrogens (primary N) is 3. The largest absolute Gasteiger partial charge is 0.329 e. The van der Waals surface area contributed by atoms with E-state index in [2.05, 4.69) is 0 Å². The fourth-order valence-corrected chi connectivity index (χ4v) is 12.2. The van der Waals surface area contributed by atoms with Gasteiger partial charge in [0.1, 0.15) is 0 Å². The first kappa shape index (κ1) is 19.0. The van der Waals surface area contributed by atoms with Gasteiger partial charge in [0.2, 0.25) is 0 Å². The Bertz CT molecular complexity index is 802. The molecule has 6 N–H and O–H groups in total. The predicted octanol–water partition coefficient (Wildman–Crippen LogP) is 3.40. The minimum Gasteiger partial charge on any atom is -0.225 e. The molecule has 6 nitrogen and oxygen atoms in total. The van der Waals surface area contributed by atoms with Crippen molar-refractivity contribution in [2.75, 3.05) is 0 Å². The van der Waals surface area contributed by atoms with Gasteiger partial charge in [0.05, 0.1) is 0 Å². The van der Waals surface area contributed by atoms with Crippen molar-refractivity contribution in [3.05, 3.63) is 91.0 Å². The highest BCUT2D eigenvalue weighted by Crippen LogP contribution is 2.63. The van der Waals surface area contributed by atoms with Gasteiger partial charge in [-0.15, -0.1) is 9.21 Å². The fraction of sp³-hybridized carbons (Fsp3) is 0. The van der Waals surface area contributed by atoms with E-state index in [1.54, 1.807) is 0 Å². The molecule has 26 heavy (non-hydrogen) atoms. The third-order valence-corrected chi connectivity index (χ3v) is 14.0. The molecule has 3 aromatic rings. The topological polar surface area (TPSA) is 106 Å². The molecular formula is C18H22N3O3PS. The second-order valence-electron chi connectivity index (χ2n) is 5.43. The Labute approximate surface area is 153 Å². The van der Waals surface area contributed by atoms with Crippen molar-refractivity contribution in [1.82, 2.24) is 0 Å². The van der Waals surface area contributed by atoms with Crippen LogP contribution in [0.4, 0.5) is 0 Å². The lowest BCUT2D eigenvalue weighted by Gasteiger charge is -2.39. The molecule has 138 valence electrons. The van der Waals surface area contributed by atoms with Crippen LogP contribution in [0.2, 0.25) is 0 Å². The molecule has 3 rings (SSSR count). The molecule has 0 radical (unpaired) electrons. The summed E-state index contributed by atoms with van der Waals surface area (Å²) in [4.78, 5) is 2.81. The lowest BCUT2D eigenvalue weighted by Crippen LogP contribution is -2.24. The quantitative estimate of drug-likeness (QED) is 0.292. The van der Waals surface area contributed by atoms with E-state index in [0.717, 1.165) is 14.7 Å². The molecule has 3 aromatic carbocycles. The van der Waals surface area contributed by atoms with Gasteiger partial charge in [-0.3, -0.25) is 0 Å². The van der Waals surface area contributed by atoms with Gasteiger partial charge in [-0.25, -0.2) is 31.6 Å². The Kier molecular flexibility index (Phi) is 6.03. The number of rotatable bonds is 6. The van der Waals surface area contributed by atoms with Crippen molar-refractivity contribution in [3.63, 3.8) is 0 Å². The third kappa shape index (κ3) is 2.95. The van der Waals surface area contributed by atoms with E-state index in [1.165, 1.54) is 0 Å². The number of benzene rings is 3. The minimum atomic E-state index is -3.40. The minimum absolute atomic E-state index is 0.937. The van der Waals surface area contributed by atoms with Gasteiger partial charge in [-0.2, -0.15) is 0 Å². The van der Waals surface area contributed by atoms with Gasteiger partial charge in [-0.1, -0.05) is 54.6 Å². The molecule has 0 spiro atoms. The van der Waals surface area contributed by atoms with Crippen LogP contribution in [0.5, 0.6) is 0 Å². The van der Waals surface area contributed by atoms with E-state index < -0.39 is 15.9 Å². The van der Waals surface area contributed by atoms with Crippen molar-refractivity contribution in [2.45, 2.75) is 14.7 Å². The normalized spacial score (nSPS) is 12.7. The summed E-state index contributed by atoms with van der Waals surface area (Å²) < 4.78 is 16.0. The summed E-state index contributed by atoms with van der Waals surface area (Å²) in [5, 5.41) is 0. The first-order valence-electron chi connectivity index (χ1n) is 7.86. The van der Waals surface area contributed by atoms with Crippen molar-refractivity contribution in [2.24, 2.45) is 17.7 Å². The lowest BCUT2D eigenvalue weighted by atomic mass is 10.4. The first-order valence-corrected chi connectivity index (χ1v) is 11.9. The second kappa shape index (κ2) is 8.26. The van der Waals surface area contributed by atoms with E-state index in [4.69, 9.17) is 31.6 Å². The maximum atomic E-state index is 5.69. The van der Waals surface area contributed by atoms with E-state index in [-0.39, 0.29) is 0 Å². The maximum Gasteiger partial charge on any atom is 0.329 e. The van der Waals surface area contributed by atoms with Crippen LogP contribution >= 0.6 is 6.72 Å². The highest BCUT2D eigenvalue weighted by Gasteiger charge is 2.38.